The van der Waals surface area contributed by atoms with Gasteiger partial charge >= 0.3 is 0 Å². The molecule has 0 fully saturated rings. The number of benzene rings is 1. The van der Waals surface area contributed by atoms with Gasteiger partial charge in [0.2, 0.25) is 11.8 Å². The lowest BCUT2D eigenvalue weighted by Crippen LogP contribution is -2.38. The highest BCUT2D eigenvalue weighted by atomic mass is 35.5. The van der Waals surface area contributed by atoms with Crippen LogP contribution in [-0.2, 0) is 9.59 Å². The van der Waals surface area contributed by atoms with Gasteiger partial charge in [0.25, 0.3) is 0 Å². The van der Waals surface area contributed by atoms with E-state index in [1.165, 1.54) is 0 Å². The first-order valence-corrected chi connectivity index (χ1v) is 5.52. The number of hydrogen-bond acceptors (Lipinski definition) is 3. The third-order valence-corrected chi connectivity index (χ3v) is 3.16. The number of carbonyl (C=O) groups is 2. The quantitative estimate of drug-likeness (QED) is 0.735. The summed E-state index contributed by atoms with van der Waals surface area (Å²) >= 11 is 6.04. The molecule has 2 amide bonds. The van der Waals surface area contributed by atoms with Crippen molar-refractivity contribution in [2.24, 2.45) is 11.5 Å². The van der Waals surface area contributed by atoms with Crippen LogP contribution in [0, 0.1) is 0 Å². The lowest BCUT2D eigenvalue weighted by molar-refractivity contribution is -0.120. The number of halogens is 1. The fourth-order valence-corrected chi connectivity index (χ4v) is 2.25. The van der Waals surface area contributed by atoms with E-state index < -0.39 is 17.9 Å². The SMILES string of the molecule is NC(=O)[C@@H](N)CC1C(=O)Nc2cccc(Cl)c21. The highest BCUT2D eigenvalue weighted by molar-refractivity contribution is 6.32. The van der Waals surface area contributed by atoms with Crippen LogP contribution in [-0.4, -0.2) is 17.9 Å². The zero-order chi connectivity index (χ0) is 12.6. The third-order valence-electron chi connectivity index (χ3n) is 2.83. The fraction of sp³-hybridized carbons (Fsp3) is 0.273. The first-order chi connectivity index (χ1) is 8.00. The van der Waals surface area contributed by atoms with Crippen LogP contribution in [0.3, 0.4) is 0 Å². The smallest absolute Gasteiger partial charge is 0.234 e. The number of carbonyl (C=O) groups excluding carboxylic acids is 2. The molecular formula is C11H12ClN3O2. The molecule has 0 saturated carbocycles. The van der Waals surface area contributed by atoms with E-state index in [1.807, 2.05) is 0 Å². The van der Waals surface area contributed by atoms with Crippen molar-refractivity contribution in [2.75, 3.05) is 5.32 Å². The largest absolute Gasteiger partial charge is 0.368 e. The Hall–Kier alpha value is -1.59. The Morgan fingerprint density at radius 1 is 1.53 bits per heavy atom. The molecule has 1 heterocycles. The number of nitrogens with one attached hydrogen (secondary N) is 1. The van der Waals surface area contributed by atoms with Crippen LogP contribution in [0.4, 0.5) is 5.69 Å². The topological polar surface area (TPSA) is 98.2 Å². The van der Waals surface area contributed by atoms with Crippen LogP contribution >= 0.6 is 11.6 Å². The Bertz CT molecular complexity index is 490. The molecule has 2 atom stereocenters. The highest BCUT2D eigenvalue weighted by Crippen LogP contribution is 2.39. The van der Waals surface area contributed by atoms with Gasteiger partial charge < -0.3 is 16.8 Å². The minimum Gasteiger partial charge on any atom is -0.368 e. The van der Waals surface area contributed by atoms with Crippen LogP contribution in [0.15, 0.2) is 18.2 Å². The van der Waals surface area contributed by atoms with Crippen molar-refractivity contribution in [1.29, 1.82) is 0 Å². The summed E-state index contributed by atoms with van der Waals surface area (Å²) in [7, 11) is 0. The average molecular weight is 254 g/mol. The minimum absolute atomic E-state index is 0.165. The second-order valence-corrected chi connectivity index (χ2v) is 4.39. The van der Waals surface area contributed by atoms with Crippen molar-refractivity contribution in [3.05, 3.63) is 28.8 Å². The summed E-state index contributed by atoms with van der Waals surface area (Å²) in [5.74, 6) is -1.34. The Labute approximate surface area is 103 Å². The lowest BCUT2D eigenvalue weighted by Gasteiger charge is -2.13. The molecule has 0 radical (unpaired) electrons. The lowest BCUT2D eigenvalue weighted by atomic mass is 9.93. The second-order valence-electron chi connectivity index (χ2n) is 3.99. The predicted molar refractivity (Wildman–Crippen MR) is 64.6 cm³/mol. The van der Waals surface area contributed by atoms with E-state index in [0.717, 1.165) is 0 Å². The number of anilines is 1. The number of nitrogens with two attached hydrogens (primary N) is 2. The third kappa shape index (κ3) is 2.11. The second kappa shape index (κ2) is 4.35. The van der Waals surface area contributed by atoms with Crippen molar-refractivity contribution in [3.8, 4) is 0 Å². The van der Waals surface area contributed by atoms with Gasteiger partial charge in [-0.05, 0) is 18.6 Å². The van der Waals surface area contributed by atoms with Crippen LogP contribution in [0.25, 0.3) is 0 Å². The average Bonchev–Trinajstić information content (AvgIpc) is 2.56. The number of primary amides is 1. The summed E-state index contributed by atoms with van der Waals surface area (Å²) in [6, 6.07) is 4.35. The molecule has 17 heavy (non-hydrogen) atoms. The molecule has 0 aromatic heterocycles. The monoisotopic (exact) mass is 253 g/mol. The molecule has 90 valence electrons. The fourth-order valence-electron chi connectivity index (χ4n) is 1.95. The standard InChI is InChI=1S/C11H12ClN3O2/c12-6-2-1-3-8-9(6)5(11(17)15-8)4-7(13)10(14)16/h1-3,5,7H,4,13H2,(H2,14,16)(H,15,17)/t5?,7-/m0/s1. The van der Waals surface area contributed by atoms with E-state index in [2.05, 4.69) is 5.32 Å². The molecular weight excluding hydrogens is 242 g/mol. The van der Waals surface area contributed by atoms with Gasteiger partial charge in [0.15, 0.2) is 0 Å². The zero-order valence-corrected chi connectivity index (χ0v) is 9.70. The van der Waals surface area contributed by atoms with Crippen molar-refractivity contribution in [1.82, 2.24) is 0 Å². The van der Waals surface area contributed by atoms with Crippen LogP contribution in [0.5, 0.6) is 0 Å². The molecule has 1 aromatic carbocycles. The van der Waals surface area contributed by atoms with Crippen LogP contribution in [0.2, 0.25) is 5.02 Å². The summed E-state index contributed by atoms with van der Waals surface area (Å²) < 4.78 is 0. The molecule has 0 spiro atoms. The maximum Gasteiger partial charge on any atom is 0.234 e. The van der Waals surface area contributed by atoms with Crippen molar-refractivity contribution in [3.63, 3.8) is 0 Å². The summed E-state index contributed by atoms with van der Waals surface area (Å²) in [5, 5.41) is 3.19. The first-order valence-electron chi connectivity index (χ1n) is 5.15. The van der Waals surface area contributed by atoms with Crippen molar-refractivity contribution in [2.45, 2.75) is 18.4 Å². The van der Waals surface area contributed by atoms with E-state index in [9.17, 15) is 9.59 Å². The molecule has 2 rings (SSSR count). The van der Waals surface area contributed by atoms with Gasteiger partial charge in [-0.25, -0.2) is 0 Å². The van der Waals surface area contributed by atoms with Gasteiger partial charge in [-0.2, -0.15) is 0 Å². The molecule has 5 N–H and O–H groups in total. The molecule has 0 aliphatic carbocycles. The van der Waals surface area contributed by atoms with E-state index in [4.69, 9.17) is 23.1 Å². The Morgan fingerprint density at radius 3 is 2.88 bits per heavy atom. The molecule has 0 saturated heterocycles. The molecule has 1 aliphatic heterocycles. The normalized spacial score (nSPS) is 19.6. The van der Waals surface area contributed by atoms with E-state index in [1.54, 1.807) is 18.2 Å². The number of fused-ring (bicyclic) bond motifs is 1. The van der Waals surface area contributed by atoms with Crippen LogP contribution < -0.4 is 16.8 Å². The van der Waals surface area contributed by atoms with Gasteiger partial charge in [-0.1, -0.05) is 17.7 Å². The summed E-state index contributed by atoms with van der Waals surface area (Å²) in [5.41, 5.74) is 12.0. The number of amides is 2. The Morgan fingerprint density at radius 2 is 2.24 bits per heavy atom. The van der Waals surface area contributed by atoms with Gasteiger partial charge in [0.1, 0.15) is 0 Å². The van der Waals surface area contributed by atoms with Gasteiger partial charge in [0, 0.05) is 16.3 Å². The predicted octanol–water partition coefficient (Wildman–Crippen LogP) is 0.578. The van der Waals surface area contributed by atoms with Crippen molar-refractivity contribution >= 4 is 29.1 Å². The molecule has 1 unspecified atom stereocenters. The van der Waals surface area contributed by atoms with Gasteiger partial charge in [-0.3, -0.25) is 9.59 Å². The highest BCUT2D eigenvalue weighted by Gasteiger charge is 2.34. The molecule has 5 nitrogen and oxygen atoms in total. The maximum atomic E-state index is 11.8. The Balaban J connectivity index is 2.31. The molecule has 1 aromatic rings. The summed E-state index contributed by atoms with van der Waals surface area (Å²) in [4.78, 5) is 22.7. The van der Waals surface area contributed by atoms with E-state index in [0.29, 0.717) is 16.3 Å². The number of rotatable bonds is 3. The first kappa shape index (κ1) is 11.9. The number of hydrogen-bond donors (Lipinski definition) is 3. The van der Waals surface area contributed by atoms with E-state index in [-0.39, 0.29) is 12.3 Å². The molecule has 1 aliphatic rings. The summed E-state index contributed by atoms with van der Waals surface area (Å²) in [6.07, 6.45) is 0.165. The molecule has 0 bridgehead atoms. The zero-order valence-electron chi connectivity index (χ0n) is 8.94. The van der Waals surface area contributed by atoms with Crippen LogP contribution in [0.1, 0.15) is 17.9 Å². The van der Waals surface area contributed by atoms with Crippen molar-refractivity contribution < 1.29 is 9.59 Å². The minimum atomic E-state index is -0.854. The molecule has 6 heteroatoms. The van der Waals surface area contributed by atoms with Gasteiger partial charge in [-0.15, -0.1) is 0 Å². The Kier molecular flexibility index (Phi) is 3.04. The van der Waals surface area contributed by atoms with Gasteiger partial charge in [0.05, 0.1) is 12.0 Å². The summed E-state index contributed by atoms with van der Waals surface area (Å²) in [6.45, 7) is 0. The maximum absolute atomic E-state index is 11.8. The van der Waals surface area contributed by atoms with E-state index >= 15 is 0 Å².